The highest BCUT2D eigenvalue weighted by Crippen LogP contribution is 2.33. The number of ether oxygens (including phenoxy) is 2. The minimum absolute atomic E-state index is 0.161. The lowest BCUT2D eigenvalue weighted by molar-refractivity contribution is 0.228. The summed E-state index contributed by atoms with van der Waals surface area (Å²) in [6, 6.07) is 15.3. The number of allylic oxidation sites excluding steroid dienone is 2. The number of hydrogen-bond donors (Lipinski definition) is 2. The molecule has 0 heterocycles. The molecule has 2 N–H and O–H groups in total. The average Bonchev–Trinajstić information content (AvgIpc) is 2.82. The van der Waals surface area contributed by atoms with Crippen LogP contribution >= 0.6 is 0 Å². The first-order valence-electron chi connectivity index (χ1n) is 11.4. The predicted molar refractivity (Wildman–Crippen MR) is 136 cm³/mol. The van der Waals surface area contributed by atoms with Gasteiger partial charge in [0.25, 0.3) is 0 Å². The monoisotopic (exact) mass is 544 g/mol. The van der Waals surface area contributed by atoms with Crippen molar-refractivity contribution >= 4 is 31.9 Å². The van der Waals surface area contributed by atoms with E-state index in [4.69, 9.17) is 18.6 Å². The van der Waals surface area contributed by atoms with E-state index in [0.717, 1.165) is 24.0 Å². The van der Waals surface area contributed by atoms with E-state index in [1.807, 2.05) is 48.5 Å². The third-order valence-corrected chi connectivity index (χ3v) is 5.99. The molecular formula is C24H32O10S2. The van der Waals surface area contributed by atoms with Gasteiger partial charge in [-0.1, -0.05) is 38.1 Å². The zero-order chi connectivity index (χ0) is 26.6. The molecule has 0 spiro atoms. The van der Waals surface area contributed by atoms with Crippen LogP contribution in [0.15, 0.2) is 48.5 Å². The third kappa shape index (κ3) is 11.1. The molecule has 0 aliphatic rings. The van der Waals surface area contributed by atoms with Gasteiger partial charge < -0.3 is 9.47 Å². The highest BCUT2D eigenvalue weighted by atomic mass is 32.3. The largest absolute Gasteiger partial charge is 0.494 e. The molecule has 0 amide bonds. The second-order valence-corrected chi connectivity index (χ2v) is 9.80. The smallest absolute Gasteiger partial charge is 0.397 e. The van der Waals surface area contributed by atoms with E-state index < -0.39 is 20.8 Å². The summed E-state index contributed by atoms with van der Waals surface area (Å²) in [5.41, 5.74) is 4.52. The van der Waals surface area contributed by atoms with Crippen molar-refractivity contribution in [2.24, 2.45) is 0 Å². The van der Waals surface area contributed by atoms with Crippen molar-refractivity contribution in [1.29, 1.82) is 0 Å². The van der Waals surface area contributed by atoms with Gasteiger partial charge in [0.1, 0.15) is 11.5 Å². The summed E-state index contributed by atoms with van der Waals surface area (Å²) < 4.78 is 79.0. The molecule has 2 rings (SSSR count). The van der Waals surface area contributed by atoms with E-state index >= 15 is 0 Å². The van der Waals surface area contributed by atoms with Crippen LogP contribution in [0.3, 0.4) is 0 Å². The van der Waals surface area contributed by atoms with Crippen LogP contribution in [0, 0.1) is 0 Å². The Morgan fingerprint density at radius 3 is 1.22 bits per heavy atom. The molecule has 200 valence electrons. The molecule has 0 saturated carbocycles. The van der Waals surface area contributed by atoms with E-state index in [1.54, 1.807) is 0 Å². The highest BCUT2D eigenvalue weighted by molar-refractivity contribution is 7.81. The number of rotatable bonds is 16. The Hall–Kier alpha value is -2.48. The molecule has 0 fully saturated rings. The van der Waals surface area contributed by atoms with E-state index in [1.165, 1.54) is 11.1 Å². The molecule has 0 aliphatic carbocycles. The molecular weight excluding hydrogens is 512 g/mol. The van der Waals surface area contributed by atoms with Crippen LogP contribution in [0.25, 0.3) is 11.1 Å². The Kier molecular flexibility index (Phi) is 11.8. The first-order chi connectivity index (χ1) is 17.0. The Balaban J connectivity index is 1.99. The van der Waals surface area contributed by atoms with E-state index in [0.29, 0.717) is 24.3 Å². The van der Waals surface area contributed by atoms with Crippen LogP contribution in [0.2, 0.25) is 0 Å². The van der Waals surface area contributed by atoms with Gasteiger partial charge in [0.05, 0.1) is 26.4 Å². The molecule has 0 bridgehead atoms. The summed E-state index contributed by atoms with van der Waals surface area (Å²) in [5, 5.41) is 0. The molecule has 0 aliphatic heterocycles. The van der Waals surface area contributed by atoms with Gasteiger partial charge >= 0.3 is 20.8 Å². The molecule has 36 heavy (non-hydrogen) atoms. The van der Waals surface area contributed by atoms with Crippen LogP contribution in [-0.2, 0) is 29.2 Å². The number of hydrogen-bond acceptors (Lipinski definition) is 8. The topological polar surface area (TPSA) is 146 Å². The van der Waals surface area contributed by atoms with Gasteiger partial charge in [-0.05, 0) is 59.4 Å². The molecule has 12 heteroatoms. The number of benzene rings is 2. The van der Waals surface area contributed by atoms with Crippen LogP contribution in [0.1, 0.15) is 50.7 Å². The van der Waals surface area contributed by atoms with E-state index in [-0.39, 0.29) is 26.4 Å². The van der Waals surface area contributed by atoms with Gasteiger partial charge in [-0.25, -0.2) is 8.37 Å². The minimum atomic E-state index is -4.43. The van der Waals surface area contributed by atoms with Crippen molar-refractivity contribution in [3.63, 3.8) is 0 Å². The molecule has 0 saturated heterocycles. The zero-order valence-electron chi connectivity index (χ0n) is 20.3. The van der Waals surface area contributed by atoms with Gasteiger partial charge in [-0.15, -0.1) is 0 Å². The summed E-state index contributed by atoms with van der Waals surface area (Å²) in [6.07, 6.45) is 2.25. The van der Waals surface area contributed by atoms with Crippen molar-refractivity contribution in [2.75, 3.05) is 26.4 Å². The first-order valence-corrected chi connectivity index (χ1v) is 14.2. The fourth-order valence-electron chi connectivity index (χ4n) is 3.51. The Morgan fingerprint density at radius 2 is 0.944 bits per heavy atom. The van der Waals surface area contributed by atoms with Crippen molar-refractivity contribution in [2.45, 2.75) is 39.5 Å². The molecule has 10 nitrogen and oxygen atoms in total. The van der Waals surface area contributed by atoms with Crippen molar-refractivity contribution in [3.05, 3.63) is 59.7 Å². The van der Waals surface area contributed by atoms with Gasteiger partial charge in [0.2, 0.25) is 0 Å². The molecule has 2 aromatic carbocycles. The quantitative estimate of drug-likeness (QED) is 0.175. The first kappa shape index (κ1) is 29.7. The van der Waals surface area contributed by atoms with Gasteiger partial charge in [-0.2, -0.15) is 16.8 Å². The summed E-state index contributed by atoms with van der Waals surface area (Å²) in [4.78, 5) is 0. The molecule has 0 radical (unpaired) electrons. The second-order valence-electron chi connectivity index (χ2n) is 7.62. The zero-order valence-corrected chi connectivity index (χ0v) is 21.9. The van der Waals surface area contributed by atoms with Crippen LogP contribution < -0.4 is 9.47 Å². The molecule has 0 atom stereocenters. The Morgan fingerprint density at radius 1 is 0.611 bits per heavy atom. The lowest BCUT2D eigenvalue weighted by Gasteiger charge is -2.15. The van der Waals surface area contributed by atoms with Crippen LogP contribution in [0.5, 0.6) is 11.5 Å². The maximum atomic E-state index is 10.5. The predicted octanol–water partition coefficient (Wildman–Crippen LogP) is 4.59. The Bertz CT molecular complexity index is 1090. The van der Waals surface area contributed by atoms with Crippen molar-refractivity contribution in [3.8, 4) is 11.5 Å². The third-order valence-electron chi connectivity index (χ3n) is 5.06. The second kappa shape index (κ2) is 14.3. The van der Waals surface area contributed by atoms with Gasteiger partial charge in [-0.3, -0.25) is 9.11 Å². The summed E-state index contributed by atoms with van der Waals surface area (Å²) in [6.45, 7) is 4.35. The fraction of sp³-hybridized carbons (Fsp3) is 0.417. The SMILES string of the molecule is CC/C(=C(/CC)c1ccc(OCCCOS(=O)(=O)O)cc1)c1ccc(OCCCOS(=O)(=O)O)cc1. The Labute approximate surface area is 212 Å². The van der Waals surface area contributed by atoms with Gasteiger partial charge in [0.15, 0.2) is 0 Å². The average molecular weight is 545 g/mol. The van der Waals surface area contributed by atoms with E-state index in [2.05, 4.69) is 22.2 Å². The molecule has 2 aromatic rings. The molecule has 0 unspecified atom stereocenters. The van der Waals surface area contributed by atoms with E-state index in [9.17, 15) is 16.8 Å². The highest BCUT2D eigenvalue weighted by Gasteiger charge is 2.10. The summed E-state index contributed by atoms with van der Waals surface area (Å²) >= 11 is 0. The normalized spacial score (nSPS) is 12.8. The summed E-state index contributed by atoms with van der Waals surface area (Å²) in [7, 11) is -8.87. The summed E-state index contributed by atoms with van der Waals surface area (Å²) in [5.74, 6) is 1.28. The van der Waals surface area contributed by atoms with Crippen molar-refractivity contribution in [1.82, 2.24) is 0 Å². The minimum Gasteiger partial charge on any atom is -0.494 e. The van der Waals surface area contributed by atoms with Crippen LogP contribution in [0.4, 0.5) is 0 Å². The maximum Gasteiger partial charge on any atom is 0.397 e. The van der Waals surface area contributed by atoms with Gasteiger partial charge in [0, 0.05) is 12.8 Å². The standard InChI is InChI=1S/C24H32O10S2/c1-3-23(19-7-11-21(12-8-19)31-15-5-17-33-35(25,26)27)24(4-2)20-9-13-22(14-10-20)32-16-6-18-34-36(28,29)30/h7-14H,3-6,15-18H2,1-2H3,(H,25,26,27)(H,28,29,30)/b24-23+. The van der Waals surface area contributed by atoms with Crippen LogP contribution in [-0.4, -0.2) is 52.4 Å². The lowest BCUT2D eigenvalue weighted by Crippen LogP contribution is -2.08. The lowest BCUT2D eigenvalue weighted by atomic mass is 9.91. The molecule has 0 aromatic heterocycles. The maximum absolute atomic E-state index is 10.5. The fourth-order valence-corrected chi connectivity index (χ4v) is 4.17. The van der Waals surface area contributed by atoms with Crippen molar-refractivity contribution < 1.29 is 43.8 Å².